The van der Waals surface area contributed by atoms with Crippen LogP contribution >= 0.6 is 24.8 Å². The molecular weight excluding hydrogens is 228 g/mol. The van der Waals surface area contributed by atoms with Crippen LogP contribution in [0.2, 0.25) is 0 Å². The van der Waals surface area contributed by atoms with Gasteiger partial charge >= 0.3 is 0 Å². The lowest BCUT2D eigenvalue weighted by atomic mass is 10.2. The highest BCUT2D eigenvalue weighted by Gasteiger charge is 2.06. The Hall–Kier alpha value is -0.320. The second-order valence-electron chi connectivity index (χ2n) is 2.88. The van der Waals surface area contributed by atoms with Crippen LogP contribution in [-0.4, -0.2) is 29.5 Å². The Morgan fingerprint density at radius 3 is 2.64 bits per heavy atom. The Labute approximate surface area is 95.9 Å². The molecule has 0 aliphatic rings. The van der Waals surface area contributed by atoms with Crippen LogP contribution in [0.25, 0.3) is 0 Å². The molecule has 0 amide bonds. The van der Waals surface area contributed by atoms with E-state index in [0.29, 0.717) is 13.0 Å². The summed E-state index contributed by atoms with van der Waals surface area (Å²) in [5.41, 5.74) is 0.945. The molecule has 0 aliphatic heterocycles. The van der Waals surface area contributed by atoms with Crippen molar-refractivity contribution in [2.45, 2.75) is 12.6 Å². The second kappa shape index (κ2) is 8.03. The molecule has 84 valence electrons. The summed E-state index contributed by atoms with van der Waals surface area (Å²) in [4.78, 5) is 0. The van der Waals surface area contributed by atoms with Gasteiger partial charge < -0.3 is 5.32 Å². The Bertz CT molecular complexity index is 242. The number of rotatable bonds is 4. The van der Waals surface area contributed by atoms with Crippen molar-refractivity contribution in [2.75, 3.05) is 13.6 Å². The first kappa shape index (κ1) is 16.1. The molecule has 3 nitrogen and oxygen atoms in total. The first-order valence-corrected chi connectivity index (χ1v) is 3.98. The van der Waals surface area contributed by atoms with Crippen molar-refractivity contribution in [3.63, 3.8) is 0 Å². The molecule has 6 heteroatoms. The van der Waals surface area contributed by atoms with Crippen LogP contribution in [0.5, 0.6) is 0 Å². The molecule has 1 heterocycles. The van der Waals surface area contributed by atoms with E-state index in [1.54, 1.807) is 17.9 Å². The van der Waals surface area contributed by atoms with Crippen LogP contribution in [0.1, 0.15) is 5.56 Å². The maximum atomic E-state index is 13.0. The number of hydrogen-bond donors (Lipinski definition) is 1. The first-order chi connectivity index (χ1) is 5.72. The molecular formula is C8H16Cl2FN3. The molecule has 0 saturated carbocycles. The van der Waals surface area contributed by atoms with E-state index in [9.17, 15) is 4.39 Å². The summed E-state index contributed by atoms with van der Waals surface area (Å²) < 4.78 is 14.7. The minimum Gasteiger partial charge on any atom is -0.317 e. The summed E-state index contributed by atoms with van der Waals surface area (Å²) in [7, 11) is 3.57. The third-order valence-corrected chi connectivity index (χ3v) is 1.64. The molecule has 0 radical (unpaired) electrons. The van der Waals surface area contributed by atoms with Gasteiger partial charge in [-0.15, -0.1) is 24.8 Å². The zero-order valence-corrected chi connectivity index (χ0v) is 9.87. The van der Waals surface area contributed by atoms with Gasteiger partial charge in [-0.2, -0.15) is 5.10 Å². The molecule has 1 rings (SSSR count). The van der Waals surface area contributed by atoms with Crippen LogP contribution < -0.4 is 5.32 Å². The van der Waals surface area contributed by atoms with E-state index in [2.05, 4.69) is 10.4 Å². The van der Waals surface area contributed by atoms with E-state index < -0.39 is 6.17 Å². The summed E-state index contributed by atoms with van der Waals surface area (Å²) in [6.07, 6.45) is 3.15. The van der Waals surface area contributed by atoms with Crippen LogP contribution in [-0.2, 0) is 13.5 Å². The molecule has 0 spiro atoms. The molecule has 1 N–H and O–H groups in total. The highest BCUT2D eigenvalue weighted by atomic mass is 35.5. The number of nitrogens with one attached hydrogen (secondary N) is 1. The van der Waals surface area contributed by atoms with Crippen LogP contribution in [0.15, 0.2) is 12.4 Å². The van der Waals surface area contributed by atoms with E-state index in [-0.39, 0.29) is 24.8 Å². The maximum absolute atomic E-state index is 13.0. The van der Waals surface area contributed by atoms with Crippen molar-refractivity contribution in [3.05, 3.63) is 18.0 Å². The van der Waals surface area contributed by atoms with Gasteiger partial charge in [0.05, 0.1) is 6.20 Å². The van der Waals surface area contributed by atoms with E-state index in [1.807, 2.05) is 13.2 Å². The van der Waals surface area contributed by atoms with Crippen molar-refractivity contribution in [1.82, 2.24) is 15.1 Å². The van der Waals surface area contributed by atoms with Gasteiger partial charge in [-0.1, -0.05) is 0 Å². The predicted octanol–water partition coefficient (Wildman–Crippen LogP) is 1.36. The zero-order valence-electron chi connectivity index (χ0n) is 8.24. The van der Waals surface area contributed by atoms with Gasteiger partial charge in [-0.3, -0.25) is 4.68 Å². The monoisotopic (exact) mass is 243 g/mol. The molecule has 1 atom stereocenters. The molecule has 0 fully saturated rings. The Balaban J connectivity index is 0. The van der Waals surface area contributed by atoms with E-state index >= 15 is 0 Å². The van der Waals surface area contributed by atoms with Crippen LogP contribution in [0, 0.1) is 0 Å². The predicted molar refractivity (Wildman–Crippen MR) is 60.2 cm³/mol. The summed E-state index contributed by atoms with van der Waals surface area (Å²) >= 11 is 0. The summed E-state index contributed by atoms with van der Waals surface area (Å²) in [5.74, 6) is 0. The largest absolute Gasteiger partial charge is 0.317 e. The fourth-order valence-electron chi connectivity index (χ4n) is 1.13. The Kier molecular flexibility index (Phi) is 9.24. The second-order valence-corrected chi connectivity index (χ2v) is 2.88. The zero-order chi connectivity index (χ0) is 8.97. The Morgan fingerprint density at radius 2 is 2.21 bits per heavy atom. The normalized spacial score (nSPS) is 11.4. The molecule has 0 aliphatic carbocycles. The van der Waals surface area contributed by atoms with Gasteiger partial charge in [0.15, 0.2) is 0 Å². The average Bonchev–Trinajstić information content (AvgIpc) is 2.36. The fraction of sp³-hybridized carbons (Fsp3) is 0.625. The highest BCUT2D eigenvalue weighted by molar-refractivity contribution is 5.85. The quantitative estimate of drug-likeness (QED) is 0.866. The first-order valence-electron chi connectivity index (χ1n) is 3.98. The minimum atomic E-state index is -0.820. The SMILES string of the molecule is CNCC(F)Cc1cnn(C)c1.Cl.Cl. The molecule has 14 heavy (non-hydrogen) atoms. The van der Waals surface area contributed by atoms with Crippen molar-refractivity contribution in [3.8, 4) is 0 Å². The number of aromatic nitrogens is 2. The van der Waals surface area contributed by atoms with Gasteiger partial charge in [-0.05, 0) is 12.6 Å². The molecule has 1 aromatic heterocycles. The van der Waals surface area contributed by atoms with E-state index in [4.69, 9.17) is 0 Å². The smallest absolute Gasteiger partial charge is 0.117 e. The summed E-state index contributed by atoms with van der Waals surface area (Å²) in [6.45, 7) is 0.398. The number of halogens is 3. The fourth-order valence-corrected chi connectivity index (χ4v) is 1.13. The third kappa shape index (κ3) is 5.42. The van der Waals surface area contributed by atoms with Crippen molar-refractivity contribution < 1.29 is 4.39 Å². The van der Waals surface area contributed by atoms with Gasteiger partial charge in [0, 0.05) is 26.2 Å². The van der Waals surface area contributed by atoms with Gasteiger partial charge in [0.25, 0.3) is 0 Å². The third-order valence-electron chi connectivity index (χ3n) is 1.64. The van der Waals surface area contributed by atoms with Gasteiger partial charge in [0.1, 0.15) is 6.17 Å². The molecule has 1 aromatic rings. The van der Waals surface area contributed by atoms with Crippen LogP contribution in [0.3, 0.4) is 0 Å². The standard InChI is InChI=1S/C8H14FN3.2ClH/c1-10-5-8(9)3-7-4-11-12(2)6-7;;/h4,6,8,10H,3,5H2,1-2H3;2*1H. The number of hydrogen-bond acceptors (Lipinski definition) is 2. The molecule has 1 unspecified atom stereocenters. The minimum absolute atomic E-state index is 0. The average molecular weight is 244 g/mol. The van der Waals surface area contributed by atoms with E-state index in [0.717, 1.165) is 5.56 Å². The highest BCUT2D eigenvalue weighted by Crippen LogP contribution is 2.03. The van der Waals surface area contributed by atoms with Crippen molar-refractivity contribution in [2.24, 2.45) is 7.05 Å². The molecule has 0 aromatic carbocycles. The summed E-state index contributed by atoms with van der Waals surface area (Å²) in [5, 5.41) is 6.75. The van der Waals surface area contributed by atoms with Crippen molar-refractivity contribution in [1.29, 1.82) is 0 Å². The number of aryl methyl sites for hydroxylation is 1. The van der Waals surface area contributed by atoms with Crippen molar-refractivity contribution >= 4 is 24.8 Å². The molecule has 0 saturated heterocycles. The van der Waals surface area contributed by atoms with Crippen LogP contribution in [0.4, 0.5) is 4.39 Å². The maximum Gasteiger partial charge on any atom is 0.117 e. The number of alkyl halides is 1. The molecule has 0 bridgehead atoms. The number of nitrogens with zero attached hydrogens (tertiary/aromatic N) is 2. The lowest BCUT2D eigenvalue weighted by molar-refractivity contribution is 0.324. The van der Waals surface area contributed by atoms with Gasteiger partial charge in [-0.25, -0.2) is 4.39 Å². The summed E-state index contributed by atoms with van der Waals surface area (Å²) in [6, 6.07) is 0. The van der Waals surface area contributed by atoms with E-state index in [1.165, 1.54) is 0 Å². The Morgan fingerprint density at radius 1 is 1.57 bits per heavy atom. The van der Waals surface area contributed by atoms with Gasteiger partial charge in [0.2, 0.25) is 0 Å². The lowest BCUT2D eigenvalue weighted by Gasteiger charge is -2.04. The topological polar surface area (TPSA) is 29.9 Å². The lowest BCUT2D eigenvalue weighted by Crippen LogP contribution is -2.21.